The van der Waals surface area contributed by atoms with Crippen molar-refractivity contribution >= 4 is 5.97 Å². The third-order valence-electron chi connectivity index (χ3n) is 1.28. The third kappa shape index (κ3) is 3.64. The first-order chi connectivity index (χ1) is 5.58. The van der Waals surface area contributed by atoms with E-state index in [1.54, 1.807) is 0 Å². The minimum atomic E-state index is -1.11. The monoisotopic (exact) mass is 188 g/mol. The van der Waals surface area contributed by atoms with Gasteiger partial charge in [0, 0.05) is 6.07 Å². The molecule has 0 saturated heterocycles. The molecule has 1 N–H and O–H groups in total. The molecule has 0 amide bonds. The fourth-order valence-corrected chi connectivity index (χ4v) is 0.888. The molecule has 0 heterocycles. The number of benzene rings is 1. The summed E-state index contributed by atoms with van der Waals surface area (Å²) in [5, 5.41) is 8.30. The van der Waals surface area contributed by atoms with Crippen LogP contribution in [0.15, 0.2) is 18.2 Å². The second-order valence-corrected chi connectivity index (χ2v) is 2.35. The molecule has 0 unspecified atom stereocenters. The minimum Gasteiger partial charge on any atom is -0.481 e. The summed E-state index contributed by atoms with van der Waals surface area (Å²) in [5.41, 5.74) is 0.125. The van der Waals surface area contributed by atoms with Crippen LogP contribution in [0.2, 0.25) is 0 Å². The molecule has 0 aliphatic carbocycles. The van der Waals surface area contributed by atoms with Crippen molar-refractivity contribution in [2.24, 2.45) is 0 Å². The topological polar surface area (TPSA) is 37.3 Å². The zero-order valence-electron chi connectivity index (χ0n) is 6.05. The number of hydrogen-bond donors (Lipinski definition) is 1. The van der Waals surface area contributed by atoms with Gasteiger partial charge in [0.15, 0.2) is 0 Å². The maximum Gasteiger partial charge on any atom is 0.307 e. The van der Waals surface area contributed by atoms with Crippen LogP contribution in [0, 0.1) is 11.6 Å². The molecule has 4 heteroatoms. The Kier molecular flexibility index (Phi) is 4.04. The van der Waals surface area contributed by atoms with Gasteiger partial charge in [0.2, 0.25) is 0 Å². The number of halogens is 2. The van der Waals surface area contributed by atoms with Gasteiger partial charge in [-0.25, -0.2) is 8.78 Å². The summed E-state index contributed by atoms with van der Waals surface area (Å²) in [6.07, 6.45) is -0.366. The van der Waals surface area contributed by atoms with Crippen LogP contribution in [-0.2, 0) is 11.2 Å². The molecular formula is C9H10F2O2. The number of carboxylic acid groups (broad SMARTS) is 1. The zero-order chi connectivity index (χ0) is 9.14. The molecule has 0 aliphatic rings. The Morgan fingerprint density at radius 3 is 2.08 bits per heavy atom. The van der Waals surface area contributed by atoms with Crippen molar-refractivity contribution in [2.75, 3.05) is 0 Å². The summed E-state index contributed by atoms with van der Waals surface area (Å²) in [6, 6.07) is 2.69. The van der Waals surface area contributed by atoms with Gasteiger partial charge in [-0.3, -0.25) is 4.79 Å². The van der Waals surface area contributed by atoms with Crippen LogP contribution in [0.3, 0.4) is 0 Å². The van der Waals surface area contributed by atoms with Gasteiger partial charge in [-0.15, -0.1) is 0 Å². The molecule has 1 aromatic carbocycles. The van der Waals surface area contributed by atoms with Crippen LogP contribution >= 0.6 is 0 Å². The standard InChI is InChI=1S/C8H6F2O2.CH4/c9-6-1-5(3-8(11)12)2-7(10)4-6;/h1-2,4H,3H2,(H,11,12);1H4. The number of rotatable bonds is 2. The van der Waals surface area contributed by atoms with Gasteiger partial charge in [-0.1, -0.05) is 7.43 Å². The normalized spacial score (nSPS) is 9.08. The fraction of sp³-hybridized carbons (Fsp3) is 0.222. The van der Waals surface area contributed by atoms with Crippen molar-refractivity contribution in [3.63, 3.8) is 0 Å². The molecule has 72 valence electrons. The summed E-state index contributed by atoms with van der Waals surface area (Å²) in [7, 11) is 0. The fourth-order valence-electron chi connectivity index (χ4n) is 0.888. The third-order valence-corrected chi connectivity index (χ3v) is 1.28. The zero-order valence-corrected chi connectivity index (χ0v) is 6.05. The molecule has 2 nitrogen and oxygen atoms in total. The number of carbonyl (C=O) groups is 1. The van der Waals surface area contributed by atoms with Crippen molar-refractivity contribution in [3.05, 3.63) is 35.4 Å². The van der Waals surface area contributed by atoms with E-state index in [0.29, 0.717) is 6.07 Å². The van der Waals surface area contributed by atoms with E-state index in [9.17, 15) is 13.6 Å². The second kappa shape index (κ2) is 4.54. The van der Waals surface area contributed by atoms with Gasteiger partial charge in [0.05, 0.1) is 6.42 Å². The number of hydrogen-bond acceptors (Lipinski definition) is 1. The van der Waals surface area contributed by atoms with Crippen LogP contribution in [0.4, 0.5) is 8.78 Å². The first-order valence-electron chi connectivity index (χ1n) is 3.24. The number of aliphatic carboxylic acids is 1. The molecule has 1 aromatic rings. The lowest BCUT2D eigenvalue weighted by atomic mass is 10.1. The summed E-state index contributed by atoms with van der Waals surface area (Å²) in [4.78, 5) is 10.1. The second-order valence-electron chi connectivity index (χ2n) is 2.35. The Balaban J connectivity index is 0.00000144. The van der Waals surface area contributed by atoms with E-state index in [2.05, 4.69) is 0 Å². The molecule has 13 heavy (non-hydrogen) atoms. The Bertz CT molecular complexity index is 290. The lowest BCUT2D eigenvalue weighted by Crippen LogP contribution is -2.00. The van der Waals surface area contributed by atoms with Crippen molar-refractivity contribution in [2.45, 2.75) is 13.8 Å². The molecular weight excluding hydrogens is 178 g/mol. The largest absolute Gasteiger partial charge is 0.481 e. The Labute approximate surface area is 74.8 Å². The Morgan fingerprint density at radius 2 is 1.69 bits per heavy atom. The summed E-state index contributed by atoms with van der Waals surface area (Å²) < 4.78 is 24.9. The number of carboxylic acids is 1. The summed E-state index contributed by atoms with van der Waals surface area (Å²) in [5.74, 6) is -2.63. The molecule has 0 aliphatic heterocycles. The van der Waals surface area contributed by atoms with E-state index in [4.69, 9.17) is 5.11 Å². The predicted molar refractivity (Wildman–Crippen MR) is 44.4 cm³/mol. The lowest BCUT2D eigenvalue weighted by molar-refractivity contribution is -0.136. The van der Waals surface area contributed by atoms with Gasteiger partial charge >= 0.3 is 5.97 Å². The molecule has 0 atom stereocenters. The molecule has 0 saturated carbocycles. The lowest BCUT2D eigenvalue weighted by Gasteiger charge is -1.96. The van der Waals surface area contributed by atoms with Crippen molar-refractivity contribution < 1.29 is 18.7 Å². The molecule has 0 bridgehead atoms. The van der Waals surface area contributed by atoms with Crippen molar-refractivity contribution in [3.8, 4) is 0 Å². The first kappa shape index (κ1) is 11.6. The van der Waals surface area contributed by atoms with E-state index < -0.39 is 17.6 Å². The van der Waals surface area contributed by atoms with Crippen LogP contribution in [0.1, 0.15) is 13.0 Å². The van der Waals surface area contributed by atoms with Crippen LogP contribution in [-0.4, -0.2) is 11.1 Å². The van der Waals surface area contributed by atoms with Gasteiger partial charge in [-0.05, 0) is 17.7 Å². The molecule has 0 fully saturated rings. The first-order valence-corrected chi connectivity index (χ1v) is 3.24. The maximum absolute atomic E-state index is 12.4. The van der Waals surface area contributed by atoms with Gasteiger partial charge in [0.25, 0.3) is 0 Å². The van der Waals surface area contributed by atoms with Crippen LogP contribution in [0.5, 0.6) is 0 Å². The Hall–Kier alpha value is -1.45. The van der Waals surface area contributed by atoms with Gasteiger partial charge in [-0.2, -0.15) is 0 Å². The van der Waals surface area contributed by atoms with Crippen LogP contribution < -0.4 is 0 Å². The summed E-state index contributed by atoms with van der Waals surface area (Å²) in [6.45, 7) is 0. The van der Waals surface area contributed by atoms with E-state index in [1.807, 2.05) is 0 Å². The molecule has 1 rings (SSSR count). The van der Waals surface area contributed by atoms with E-state index in [1.165, 1.54) is 0 Å². The van der Waals surface area contributed by atoms with Gasteiger partial charge in [0.1, 0.15) is 11.6 Å². The molecule has 0 aromatic heterocycles. The van der Waals surface area contributed by atoms with Crippen molar-refractivity contribution in [1.82, 2.24) is 0 Å². The molecule has 0 spiro atoms. The van der Waals surface area contributed by atoms with Gasteiger partial charge < -0.3 is 5.11 Å². The maximum atomic E-state index is 12.4. The Morgan fingerprint density at radius 1 is 1.23 bits per heavy atom. The minimum absolute atomic E-state index is 0. The van der Waals surface area contributed by atoms with E-state index in [-0.39, 0.29) is 19.4 Å². The SMILES string of the molecule is C.O=C(O)Cc1cc(F)cc(F)c1. The highest BCUT2D eigenvalue weighted by Crippen LogP contribution is 2.08. The average Bonchev–Trinajstić information content (AvgIpc) is 1.81. The highest BCUT2D eigenvalue weighted by atomic mass is 19.1. The van der Waals surface area contributed by atoms with E-state index in [0.717, 1.165) is 12.1 Å². The summed E-state index contributed by atoms with van der Waals surface area (Å²) >= 11 is 0. The average molecular weight is 188 g/mol. The molecule has 0 radical (unpaired) electrons. The predicted octanol–water partition coefficient (Wildman–Crippen LogP) is 2.23. The quantitative estimate of drug-likeness (QED) is 0.772. The van der Waals surface area contributed by atoms with Crippen LogP contribution in [0.25, 0.3) is 0 Å². The van der Waals surface area contributed by atoms with E-state index >= 15 is 0 Å². The highest BCUT2D eigenvalue weighted by molar-refractivity contribution is 5.70. The highest BCUT2D eigenvalue weighted by Gasteiger charge is 2.03. The smallest absolute Gasteiger partial charge is 0.307 e. The van der Waals surface area contributed by atoms with Crippen molar-refractivity contribution in [1.29, 1.82) is 0 Å².